The number of halogens is 1. The first-order valence-electron chi connectivity index (χ1n) is 7.94. The van der Waals surface area contributed by atoms with Crippen molar-refractivity contribution in [3.63, 3.8) is 0 Å². The van der Waals surface area contributed by atoms with Gasteiger partial charge in [-0.3, -0.25) is 9.59 Å². The van der Waals surface area contributed by atoms with E-state index in [2.05, 4.69) is 5.32 Å². The van der Waals surface area contributed by atoms with Crippen molar-refractivity contribution >= 4 is 5.91 Å². The van der Waals surface area contributed by atoms with Gasteiger partial charge in [-0.1, -0.05) is 42.5 Å². The second-order valence-corrected chi connectivity index (χ2v) is 5.56. The molecule has 0 saturated carbocycles. The van der Waals surface area contributed by atoms with Crippen molar-refractivity contribution in [3.05, 3.63) is 99.9 Å². The van der Waals surface area contributed by atoms with Gasteiger partial charge in [0.1, 0.15) is 18.7 Å². The molecule has 1 amide bonds. The number of benzene rings is 2. The van der Waals surface area contributed by atoms with E-state index in [0.717, 1.165) is 17.9 Å². The molecule has 3 aromatic rings. The van der Waals surface area contributed by atoms with E-state index in [1.807, 2.05) is 30.3 Å². The van der Waals surface area contributed by atoms with Crippen molar-refractivity contribution in [3.8, 4) is 5.75 Å². The number of amides is 1. The fourth-order valence-corrected chi connectivity index (χ4v) is 2.23. The van der Waals surface area contributed by atoms with Crippen LogP contribution in [-0.4, -0.2) is 5.91 Å². The summed E-state index contributed by atoms with van der Waals surface area (Å²) in [7, 11) is 0. The van der Waals surface area contributed by atoms with Gasteiger partial charge in [0.15, 0.2) is 5.76 Å². The standard InChI is InChI=1S/C20H16FNO4/c21-16-8-6-15(7-9-16)12-25-19-13-26-18(10-17(19)23)20(24)22-11-14-4-2-1-3-5-14/h1-10,13H,11-12H2,(H,22,24). The Bertz CT molecular complexity index is 936. The SMILES string of the molecule is O=C(NCc1ccccc1)c1cc(=O)c(OCc2ccc(F)cc2)co1. The largest absolute Gasteiger partial charge is 0.482 e. The minimum absolute atomic E-state index is 0.0195. The molecule has 132 valence electrons. The quantitative estimate of drug-likeness (QED) is 0.738. The molecule has 1 heterocycles. The summed E-state index contributed by atoms with van der Waals surface area (Å²) in [5.74, 6) is -0.954. The summed E-state index contributed by atoms with van der Waals surface area (Å²) in [4.78, 5) is 24.1. The van der Waals surface area contributed by atoms with Crippen LogP contribution >= 0.6 is 0 Å². The monoisotopic (exact) mass is 353 g/mol. The van der Waals surface area contributed by atoms with E-state index < -0.39 is 11.3 Å². The lowest BCUT2D eigenvalue weighted by Gasteiger charge is -2.07. The Morgan fingerprint density at radius 3 is 2.46 bits per heavy atom. The van der Waals surface area contributed by atoms with Crippen LogP contribution in [0, 0.1) is 5.82 Å². The molecule has 1 N–H and O–H groups in total. The third kappa shape index (κ3) is 4.57. The number of rotatable bonds is 6. The summed E-state index contributed by atoms with van der Waals surface area (Å²) in [6.07, 6.45) is 1.10. The number of hydrogen-bond acceptors (Lipinski definition) is 4. The Morgan fingerprint density at radius 1 is 1.04 bits per heavy atom. The molecule has 26 heavy (non-hydrogen) atoms. The van der Waals surface area contributed by atoms with E-state index in [1.54, 1.807) is 12.1 Å². The number of ether oxygens (including phenoxy) is 1. The molecular weight excluding hydrogens is 337 g/mol. The van der Waals surface area contributed by atoms with E-state index >= 15 is 0 Å². The fourth-order valence-electron chi connectivity index (χ4n) is 2.23. The number of nitrogens with one attached hydrogen (secondary N) is 1. The third-order valence-corrected chi connectivity index (χ3v) is 3.63. The van der Waals surface area contributed by atoms with Crippen molar-refractivity contribution in [1.29, 1.82) is 0 Å². The molecule has 0 unspecified atom stereocenters. The van der Waals surface area contributed by atoms with Crippen LogP contribution in [0.4, 0.5) is 4.39 Å². The van der Waals surface area contributed by atoms with Crippen molar-refractivity contribution < 1.29 is 18.3 Å². The molecule has 0 radical (unpaired) electrons. The van der Waals surface area contributed by atoms with Gasteiger partial charge in [-0.15, -0.1) is 0 Å². The van der Waals surface area contributed by atoms with Crippen LogP contribution in [-0.2, 0) is 13.2 Å². The molecule has 2 aromatic carbocycles. The van der Waals surface area contributed by atoms with Crippen LogP contribution in [0.25, 0.3) is 0 Å². The average molecular weight is 353 g/mol. The van der Waals surface area contributed by atoms with E-state index in [4.69, 9.17) is 9.15 Å². The van der Waals surface area contributed by atoms with Crippen molar-refractivity contribution in [2.75, 3.05) is 0 Å². The maximum absolute atomic E-state index is 12.9. The summed E-state index contributed by atoms with van der Waals surface area (Å²) in [5, 5.41) is 2.68. The van der Waals surface area contributed by atoms with Gasteiger partial charge in [0.25, 0.3) is 5.91 Å². The van der Waals surface area contributed by atoms with Crippen LogP contribution in [0.5, 0.6) is 5.75 Å². The molecule has 5 nitrogen and oxygen atoms in total. The first-order chi connectivity index (χ1) is 12.6. The highest BCUT2D eigenvalue weighted by Crippen LogP contribution is 2.10. The summed E-state index contributed by atoms with van der Waals surface area (Å²) in [6.45, 7) is 0.413. The van der Waals surface area contributed by atoms with E-state index in [9.17, 15) is 14.0 Å². The lowest BCUT2D eigenvalue weighted by atomic mass is 10.2. The van der Waals surface area contributed by atoms with Crippen LogP contribution in [0.2, 0.25) is 0 Å². The van der Waals surface area contributed by atoms with Gasteiger partial charge in [-0.05, 0) is 23.3 Å². The van der Waals surface area contributed by atoms with E-state index in [-0.39, 0.29) is 23.9 Å². The second-order valence-electron chi connectivity index (χ2n) is 5.56. The van der Waals surface area contributed by atoms with E-state index in [0.29, 0.717) is 12.1 Å². The Kier molecular flexibility index (Phi) is 5.43. The zero-order chi connectivity index (χ0) is 18.4. The predicted octanol–water partition coefficient (Wildman–Crippen LogP) is 3.29. The summed E-state index contributed by atoms with van der Waals surface area (Å²) < 4.78 is 23.4. The molecule has 0 spiro atoms. The molecule has 6 heteroatoms. The third-order valence-electron chi connectivity index (χ3n) is 3.63. The number of carbonyl (C=O) groups excluding carboxylic acids is 1. The topological polar surface area (TPSA) is 68.5 Å². The molecule has 1 aromatic heterocycles. The first kappa shape index (κ1) is 17.4. The molecule has 0 atom stereocenters. The van der Waals surface area contributed by atoms with E-state index in [1.165, 1.54) is 12.1 Å². The highest BCUT2D eigenvalue weighted by Gasteiger charge is 2.12. The van der Waals surface area contributed by atoms with Crippen molar-refractivity contribution in [2.24, 2.45) is 0 Å². The lowest BCUT2D eigenvalue weighted by Crippen LogP contribution is -2.24. The minimum atomic E-state index is -0.490. The maximum Gasteiger partial charge on any atom is 0.287 e. The molecule has 0 aliphatic heterocycles. The Morgan fingerprint density at radius 2 is 1.77 bits per heavy atom. The van der Waals surface area contributed by atoms with Crippen LogP contribution in [0.15, 0.2) is 76.1 Å². The molecular formula is C20H16FNO4. The molecule has 0 fully saturated rings. The Labute approximate surface area is 149 Å². The molecule has 0 bridgehead atoms. The minimum Gasteiger partial charge on any atom is -0.482 e. The van der Waals surface area contributed by atoms with Crippen molar-refractivity contribution in [2.45, 2.75) is 13.2 Å². The van der Waals surface area contributed by atoms with Gasteiger partial charge in [0.2, 0.25) is 11.2 Å². The van der Waals surface area contributed by atoms with Gasteiger partial charge in [-0.2, -0.15) is 0 Å². The second kappa shape index (κ2) is 8.11. The Hall–Kier alpha value is -3.41. The van der Waals surface area contributed by atoms with Crippen LogP contribution < -0.4 is 15.5 Å². The summed E-state index contributed by atoms with van der Waals surface area (Å²) in [6, 6.07) is 16.2. The van der Waals surface area contributed by atoms with Crippen LogP contribution in [0.3, 0.4) is 0 Å². The molecule has 3 rings (SSSR count). The molecule has 0 saturated heterocycles. The zero-order valence-electron chi connectivity index (χ0n) is 13.8. The normalized spacial score (nSPS) is 10.3. The first-order valence-corrected chi connectivity index (χ1v) is 7.94. The van der Waals surface area contributed by atoms with Gasteiger partial charge >= 0.3 is 0 Å². The van der Waals surface area contributed by atoms with Gasteiger partial charge < -0.3 is 14.5 Å². The molecule has 0 aliphatic carbocycles. The zero-order valence-corrected chi connectivity index (χ0v) is 13.8. The van der Waals surface area contributed by atoms with Crippen LogP contribution in [0.1, 0.15) is 21.7 Å². The average Bonchev–Trinajstić information content (AvgIpc) is 2.67. The summed E-state index contributed by atoms with van der Waals surface area (Å²) >= 11 is 0. The van der Waals surface area contributed by atoms with Gasteiger partial charge in [0.05, 0.1) is 0 Å². The maximum atomic E-state index is 12.9. The summed E-state index contributed by atoms with van der Waals surface area (Å²) in [5.41, 5.74) is 1.17. The smallest absolute Gasteiger partial charge is 0.287 e. The highest BCUT2D eigenvalue weighted by atomic mass is 19.1. The van der Waals surface area contributed by atoms with Gasteiger partial charge in [0, 0.05) is 12.6 Å². The fraction of sp³-hybridized carbons (Fsp3) is 0.100. The van der Waals surface area contributed by atoms with Crippen molar-refractivity contribution in [1.82, 2.24) is 5.32 Å². The number of hydrogen-bond donors (Lipinski definition) is 1. The number of carbonyl (C=O) groups is 1. The Balaban J connectivity index is 1.60. The predicted molar refractivity (Wildman–Crippen MR) is 93.3 cm³/mol. The van der Waals surface area contributed by atoms with Gasteiger partial charge in [-0.25, -0.2) is 4.39 Å². The highest BCUT2D eigenvalue weighted by molar-refractivity contribution is 5.91. The molecule has 0 aliphatic rings. The lowest BCUT2D eigenvalue weighted by molar-refractivity contribution is 0.0919.